The second-order valence-electron chi connectivity index (χ2n) is 16.8. The van der Waals surface area contributed by atoms with Crippen molar-refractivity contribution < 1.29 is 22.6 Å². The Morgan fingerprint density at radius 3 is 1.73 bits per heavy atom. The molecule has 12 aromatic rings. The number of pyridine rings is 3. The van der Waals surface area contributed by atoms with Gasteiger partial charge in [-0.1, -0.05) is 69.4 Å². The van der Waals surface area contributed by atoms with Crippen LogP contribution >= 0.6 is 11.6 Å². The van der Waals surface area contributed by atoms with Crippen molar-refractivity contribution in [1.82, 2.24) is 104 Å². The van der Waals surface area contributed by atoms with Crippen molar-refractivity contribution in [3.05, 3.63) is 131 Å². The van der Waals surface area contributed by atoms with E-state index in [0.29, 0.717) is 79.3 Å². The summed E-state index contributed by atoms with van der Waals surface area (Å²) in [6, 6.07) is 31.9. The highest BCUT2D eigenvalue weighted by atomic mass is 35.5. The van der Waals surface area contributed by atoms with E-state index in [0.717, 1.165) is 28.4 Å². The van der Waals surface area contributed by atoms with Crippen molar-refractivity contribution in [3.8, 4) is 58.3 Å². The molecular weight excluding hydrogens is 1010 g/mol. The SMILES string of the molecule is Cn1nnnc1-n1c(OCc2ccc(-c3ccc4c(nc(OCc5cccc(-c6ccc7c(c6)nc(OCc6cccc(NS(C)(=O)=O)n6)n7-c6nnnn6C)n5)n4-c4nnnn4C)c3Cl)cn2)nc2ccccc21. The van der Waals surface area contributed by atoms with Crippen LogP contribution in [0.1, 0.15) is 17.1 Å². The molecule has 0 aliphatic heterocycles. The third-order valence-electron chi connectivity index (χ3n) is 11.7. The first-order valence-electron chi connectivity index (χ1n) is 22.6. The summed E-state index contributed by atoms with van der Waals surface area (Å²) in [5.41, 5.74) is 8.26. The van der Waals surface area contributed by atoms with Crippen LogP contribution in [-0.4, -0.2) is 119 Å². The van der Waals surface area contributed by atoms with Gasteiger partial charge in [0.1, 0.15) is 31.2 Å². The quantitative estimate of drug-likeness (QED) is 0.139. The number of ether oxygens (including phenoxy) is 3. The number of imidazole rings is 3. The van der Waals surface area contributed by atoms with Crippen molar-refractivity contribution in [3.63, 3.8) is 0 Å². The third-order valence-corrected chi connectivity index (χ3v) is 12.6. The number of benzene rings is 3. The predicted molar refractivity (Wildman–Crippen MR) is 267 cm³/mol. The van der Waals surface area contributed by atoms with Gasteiger partial charge >= 0.3 is 18.0 Å². The number of fused-ring (bicyclic) bond motifs is 3. The van der Waals surface area contributed by atoms with Crippen LogP contribution in [0.3, 0.4) is 0 Å². The van der Waals surface area contributed by atoms with Gasteiger partial charge in [-0.3, -0.25) is 9.71 Å². The average molecular weight is 1050 g/mol. The maximum absolute atomic E-state index is 11.8. The van der Waals surface area contributed by atoms with Crippen LogP contribution in [0.15, 0.2) is 109 Å². The fraction of sp³-hybridized carbons (Fsp3) is 0.152. The number of sulfonamides is 1. The number of rotatable bonds is 16. The molecule has 0 fully saturated rings. The first kappa shape index (κ1) is 46.3. The molecule has 0 saturated carbocycles. The topological polar surface area (TPSA) is 297 Å². The number of aryl methyl sites for hydroxylation is 3. The molecule has 29 heteroatoms. The first-order valence-corrected chi connectivity index (χ1v) is 24.8. The standard InChI is InChI=1S/C46H37ClN22O5S/c1-64-41(54-58-61-64)67-35-13-6-5-11-33(35)51-44(67)72-23-28-17-15-27(22-48-28)31-18-20-37-40(39(31)47)53-46(69(37)43-56-60-63-66(43)3)74-24-29-9-7-12-32(49-29)26-16-19-36-34(21-26)52-45(68(36)42-55-59-62-65(42)2)73-25-30-10-8-14-38(50-30)57-75(4,70)71/h5-22H,23-25H2,1-4H3,(H,50,57). The zero-order valence-corrected chi connectivity index (χ0v) is 41.3. The zero-order chi connectivity index (χ0) is 51.4. The Hall–Kier alpha value is -9.83. The fourth-order valence-corrected chi connectivity index (χ4v) is 9.06. The third kappa shape index (κ3) is 8.88. The molecule has 9 aromatic heterocycles. The van der Waals surface area contributed by atoms with Crippen molar-refractivity contribution in [2.45, 2.75) is 19.8 Å². The fourth-order valence-electron chi connectivity index (χ4n) is 8.26. The largest absolute Gasteiger partial charge is 0.458 e. The van der Waals surface area contributed by atoms with Crippen LogP contribution in [0, 0.1) is 0 Å². The van der Waals surface area contributed by atoms with Crippen LogP contribution in [-0.2, 0) is 51.0 Å². The summed E-state index contributed by atoms with van der Waals surface area (Å²) in [6.07, 6.45) is 2.77. The molecule has 27 nitrogen and oxygen atoms in total. The lowest BCUT2D eigenvalue weighted by Gasteiger charge is -2.10. The second-order valence-corrected chi connectivity index (χ2v) is 18.9. The number of hydrogen-bond donors (Lipinski definition) is 1. The summed E-state index contributed by atoms with van der Waals surface area (Å²) in [7, 11) is 1.61. The van der Waals surface area contributed by atoms with Crippen molar-refractivity contribution in [1.29, 1.82) is 0 Å². The minimum Gasteiger partial charge on any atom is -0.458 e. The Bertz CT molecular complexity index is 4240. The number of nitrogens with one attached hydrogen (secondary N) is 1. The average Bonchev–Trinajstić information content (AvgIpc) is 4.29. The molecule has 0 spiro atoms. The Morgan fingerprint density at radius 2 is 1.11 bits per heavy atom. The monoisotopic (exact) mass is 1040 g/mol. The molecule has 0 unspecified atom stereocenters. The number of halogens is 1. The van der Waals surface area contributed by atoms with Crippen LogP contribution in [0.25, 0.3) is 73.3 Å². The smallest absolute Gasteiger partial charge is 0.305 e. The lowest BCUT2D eigenvalue weighted by molar-refractivity contribution is 0.272. The molecule has 1 N–H and O–H groups in total. The van der Waals surface area contributed by atoms with Crippen molar-refractivity contribution in [2.24, 2.45) is 21.1 Å². The molecule has 374 valence electrons. The molecule has 0 atom stereocenters. The normalized spacial score (nSPS) is 11.8. The second kappa shape index (κ2) is 18.7. The van der Waals surface area contributed by atoms with Crippen molar-refractivity contribution >= 4 is 60.5 Å². The molecule has 0 saturated heterocycles. The lowest BCUT2D eigenvalue weighted by atomic mass is 10.1. The van der Waals surface area contributed by atoms with Gasteiger partial charge in [0.05, 0.1) is 61.6 Å². The summed E-state index contributed by atoms with van der Waals surface area (Å²) >= 11 is 7.19. The highest BCUT2D eigenvalue weighted by Gasteiger charge is 2.24. The molecule has 12 rings (SSSR count). The first-order chi connectivity index (χ1) is 36.4. The summed E-state index contributed by atoms with van der Waals surface area (Å²) in [4.78, 5) is 28.4. The van der Waals surface area contributed by atoms with E-state index in [1.165, 1.54) is 9.36 Å². The Kier molecular flexibility index (Phi) is 11.5. The van der Waals surface area contributed by atoms with Gasteiger partial charge in [-0.2, -0.15) is 15.0 Å². The summed E-state index contributed by atoms with van der Waals surface area (Å²) < 4.78 is 54.5. The number of tetrazole rings is 3. The highest BCUT2D eigenvalue weighted by molar-refractivity contribution is 7.92. The summed E-state index contributed by atoms with van der Waals surface area (Å²) in [5, 5.41) is 36.5. The Morgan fingerprint density at radius 1 is 0.547 bits per heavy atom. The lowest BCUT2D eigenvalue weighted by Crippen LogP contribution is -2.12. The van der Waals surface area contributed by atoms with Crippen LogP contribution < -0.4 is 18.9 Å². The molecule has 0 aliphatic carbocycles. The van der Waals surface area contributed by atoms with E-state index in [2.05, 4.69) is 61.3 Å². The number of hydrogen-bond acceptors (Lipinski definition) is 20. The summed E-state index contributed by atoms with van der Waals surface area (Å²) in [5.74, 6) is 1.30. The Labute approximate surface area is 427 Å². The van der Waals surface area contributed by atoms with Gasteiger partial charge in [0, 0.05) is 44.0 Å². The molecule has 0 amide bonds. The number of para-hydroxylation sites is 2. The summed E-state index contributed by atoms with van der Waals surface area (Å²) in [6.45, 7) is 0.0812. The van der Waals surface area contributed by atoms with E-state index in [1.54, 1.807) is 63.9 Å². The van der Waals surface area contributed by atoms with Crippen LogP contribution in [0.5, 0.6) is 18.0 Å². The van der Waals surface area contributed by atoms with Gasteiger partial charge < -0.3 is 14.2 Å². The number of nitrogens with zero attached hydrogens (tertiary/aromatic N) is 21. The van der Waals surface area contributed by atoms with E-state index < -0.39 is 10.0 Å². The molecule has 3 aromatic carbocycles. The van der Waals surface area contributed by atoms with Gasteiger partial charge in [-0.15, -0.1) is 0 Å². The molecular formula is C46H37ClN22O5S. The predicted octanol–water partition coefficient (Wildman–Crippen LogP) is 4.55. The van der Waals surface area contributed by atoms with E-state index in [9.17, 15) is 8.42 Å². The van der Waals surface area contributed by atoms with Gasteiger partial charge in [-0.05, 0) is 91.9 Å². The molecule has 75 heavy (non-hydrogen) atoms. The zero-order valence-electron chi connectivity index (χ0n) is 39.7. The van der Waals surface area contributed by atoms with Gasteiger partial charge in [0.15, 0.2) is 0 Å². The highest BCUT2D eigenvalue weighted by Crippen LogP contribution is 2.37. The number of anilines is 1. The maximum Gasteiger partial charge on any atom is 0.305 e. The molecule has 0 bridgehead atoms. The van der Waals surface area contributed by atoms with Crippen LogP contribution in [0.4, 0.5) is 5.82 Å². The van der Waals surface area contributed by atoms with E-state index in [1.807, 2.05) is 84.9 Å². The van der Waals surface area contributed by atoms with Gasteiger partial charge in [0.2, 0.25) is 10.0 Å². The van der Waals surface area contributed by atoms with E-state index in [-0.39, 0.29) is 37.7 Å². The number of aromatic nitrogens is 21. The minimum absolute atomic E-state index is 0.00901. The molecule has 9 heterocycles. The minimum atomic E-state index is -3.54. The van der Waals surface area contributed by atoms with Gasteiger partial charge in [-0.25, -0.2) is 46.1 Å². The maximum atomic E-state index is 11.8. The van der Waals surface area contributed by atoms with Gasteiger partial charge in [0.25, 0.3) is 17.8 Å². The molecule has 0 aliphatic rings. The Balaban J connectivity index is 0.795. The van der Waals surface area contributed by atoms with Crippen molar-refractivity contribution in [2.75, 3.05) is 11.0 Å². The van der Waals surface area contributed by atoms with E-state index >= 15 is 0 Å². The van der Waals surface area contributed by atoms with E-state index in [4.69, 9.17) is 45.7 Å². The van der Waals surface area contributed by atoms with Crippen LogP contribution in [0.2, 0.25) is 5.02 Å². The molecule has 0 radical (unpaired) electrons.